The van der Waals surface area contributed by atoms with Crippen LogP contribution in [0.3, 0.4) is 0 Å². The minimum Gasteiger partial charge on any atom is -0.483 e. The molecule has 2 unspecified atom stereocenters. The molecule has 0 radical (unpaired) electrons. The molecule has 2 aliphatic rings. The first-order valence-electron chi connectivity index (χ1n) is 11.3. The van der Waals surface area contributed by atoms with Crippen LogP contribution < -0.4 is 4.74 Å². The van der Waals surface area contributed by atoms with Crippen molar-refractivity contribution in [1.29, 1.82) is 0 Å². The van der Waals surface area contributed by atoms with E-state index in [1.807, 2.05) is 13.0 Å². The molecule has 1 spiro atoms. The van der Waals surface area contributed by atoms with Gasteiger partial charge in [-0.1, -0.05) is 25.5 Å². The molecule has 1 aromatic carbocycles. The van der Waals surface area contributed by atoms with E-state index in [0.717, 1.165) is 40.8 Å². The zero-order valence-electron chi connectivity index (χ0n) is 19.6. The van der Waals surface area contributed by atoms with Gasteiger partial charge in [-0.25, -0.2) is 14.6 Å². The van der Waals surface area contributed by atoms with Gasteiger partial charge in [-0.2, -0.15) is 0 Å². The highest BCUT2D eigenvalue weighted by Gasteiger charge is 2.53. The zero-order chi connectivity index (χ0) is 23.0. The van der Waals surface area contributed by atoms with Crippen LogP contribution in [0.4, 0.5) is 4.79 Å². The number of pyridine rings is 1. The molecule has 3 heterocycles. The van der Waals surface area contributed by atoms with Gasteiger partial charge in [-0.15, -0.1) is 0 Å². The van der Waals surface area contributed by atoms with E-state index >= 15 is 0 Å². The smallest absolute Gasteiger partial charge is 0.410 e. The summed E-state index contributed by atoms with van der Waals surface area (Å²) in [5.74, 6) is 0.806. The van der Waals surface area contributed by atoms with Crippen LogP contribution in [-0.2, 0) is 20.7 Å². The van der Waals surface area contributed by atoms with Crippen molar-refractivity contribution in [2.45, 2.75) is 65.0 Å². The van der Waals surface area contributed by atoms with E-state index in [0.29, 0.717) is 25.4 Å². The molecule has 4 rings (SSSR count). The summed E-state index contributed by atoms with van der Waals surface area (Å²) in [6, 6.07) is 5.53. The van der Waals surface area contributed by atoms with Crippen LogP contribution in [0.1, 0.15) is 49.9 Å². The zero-order valence-corrected chi connectivity index (χ0v) is 19.6. The van der Waals surface area contributed by atoms with E-state index in [1.165, 1.54) is 17.6 Å². The maximum Gasteiger partial charge on any atom is 0.410 e. The Kier molecular flexibility index (Phi) is 6.01. The van der Waals surface area contributed by atoms with E-state index in [2.05, 4.69) is 32.9 Å². The Labute approximate surface area is 189 Å². The van der Waals surface area contributed by atoms with E-state index in [-0.39, 0.29) is 6.54 Å². The summed E-state index contributed by atoms with van der Waals surface area (Å²) < 4.78 is 17.1. The monoisotopic (exact) mass is 440 g/mol. The number of ether oxygens (including phenoxy) is 3. The first kappa shape index (κ1) is 22.4. The van der Waals surface area contributed by atoms with Gasteiger partial charge in [0.05, 0.1) is 31.5 Å². The fourth-order valence-corrected chi connectivity index (χ4v) is 4.78. The molecule has 2 aromatic rings. The average molecular weight is 441 g/mol. The predicted octanol–water partition coefficient (Wildman–Crippen LogP) is 4.35. The third kappa shape index (κ3) is 4.12. The first-order valence-corrected chi connectivity index (χ1v) is 11.3. The molecule has 0 N–H and O–H groups in total. The molecule has 32 heavy (non-hydrogen) atoms. The van der Waals surface area contributed by atoms with Crippen molar-refractivity contribution in [1.82, 2.24) is 9.88 Å². The lowest BCUT2D eigenvalue weighted by Gasteiger charge is -2.36. The molecule has 0 saturated carbocycles. The minimum atomic E-state index is -0.716. The second-order valence-corrected chi connectivity index (χ2v) is 9.48. The van der Waals surface area contributed by atoms with Gasteiger partial charge < -0.3 is 14.2 Å². The fraction of sp³-hybridized carbons (Fsp3) is 0.560. The first-order chi connectivity index (χ1) is 15.2. The van der Waals surface area contributed by atoms with E-state index in [4.69, 9.17) is 19.2 Å². The summed E-state index contributed by atoms with van der Waals surface area (Å²) in [7, 11) is 1.33. The maximum atomic E-state index is 12.9. The summed E-state index contributed by atoms with van der Waals surface area (Å²) in [4.78, 5) is 31.6. The number of amides is 1. The number of methoxy groups -OCH3 is 1. The number of esters is 1. The number of hydrogen-bond donors (Lipinski definition) is 0. The molecular weight excluding hydrogens is 408 g/mol. The van der Waals surface area contributed by atoms with Crippen LogP contribution in [0.25, 0.3) is 10.9 Å². The van der Waals surface area contributed by atoms with Gasteiger partial charge in [0.15, 0.2) is 0 Å². The highest BCUT2D eigenvalue weighted by Crippen LogP contribution is 2.44. The van der Waals surface area contributed by atoms with Gasteiger partial charge in [0.2, 0.25) is 0 Å². The standard InChI is InChI=1S/C25H32N2O5/c1-15(2)9-11-31-23(28)21-13-25(14-27(21)24(29)30-5)10-8-18-19-12-16(3)6-7-20(19)26-17(4)22(18)32-25/h6-7,12,15,21H,8-11,13-14H2,1-5H3. The summed E-state index contributed by atoms with van der Waals surface area (Å²) >= 11 is 0. The molecule has 2 atom stereocenters. The topological polar surface area (TPSA) is 78.0 Å². The lowest BCUT2D eigenvalue weighted by Crippen LogP contribution is -2.44. The third-order valence-corrected chi connectivity index (χ3v) is 6.54. The number of carbonyl (C=O) groups excluding carboxylic acids is 2. The molecule has 1 amide bonds. The maximum absolute atomic E-state index is 12.9. The number of rotatable bonds is 4. The van der Waals surface area contributed by atoms with Gasteiger partial charge in [0.25, 0.3) is 0 Å². The Bertz CT molecular complexity index is 1050. The Balaban J connectivity index is 1.62. The predicted molar refractivity (Wildman–Crippen MR) is 121 cm³/mol. The van der Waals surface area contributed by atoms with Gasteiger partial charge in [-0.3, -0.25) is 4.90 Å². The van der Waals surface area contributed by atoms with Crippen molar-refractivity contribution in [3.8, 4) is 5.75 Å². The molecule has 1 saturated heterocycles. The molecule has 1 fully saturated rings. The van der Waals surface area contributed by atoms with Gasteiger partial charge >= 0.3 is 12.1 Å². The molecule has 7 nitrogen and oxygen atoms in total. The highest BCUT2D eigenvalue weighted by atomic mass is 16.6. The van der Waals surface area contributed by atoms with Crippen molar-refractivity contribution in [3.05, 3.63) is 35.0 Å². The van der Waals surface area contributed by atoms with Crippen molar-refractivity contribution < 1.29 is 23.8 Å². The molecule has 2 aliphatic heterocycles. The van der Waals surface area contributed by atoms with Crippen molar-refractivity contribution in [2.75, 3.05) is 20.3 Å². The molecule has 172 valence electrons. The number of aryl methyl sites for hydroxylation is 3. The van der Waals surface area contributed by atoms with Crippen molar-refractivity contribution in [3.63, 3.8) is 0 Å². The minimum absolute atomic E-state index is 0.286. The van der Waals surface area contributed by atoms with Gasteiger partial charge in [0.1, 0.15) is 17.4 Å². The average Bonchev–Trinajstić information content (AvgIpc) is 3.12. The Hall–Kier alpha value is -2.83. The number of benzene rings is 1. The van der Waals surface area contributed by atoms with E-state index in [9.17, 15) is 9.59 Å². The van der Waals surface area contributed by atoms with E-state index in [1.54, 1.807) is 0 Å². The normalized spacial score (nSPS) is 22.2. The van der Waals surface area contributed by atoms with Crippen molar-refractivity contribution >= 4 is 23.0 Å². The van der Waals surface area contributed by atoms with Gasteiger partial charge in [-0.05, 0) is 51.2 Å². The summed E-state index contributed by atoms with van der Waals surface area (Å²) in [5.41, 5.74) is 3.44. The quantitative estimate of drug-likeness (QED) is 0.658. The lowest BCUT2D eigenvalue weighted by molar-refractivity contribution is -0.148. The highest BCUT2D eigenvalue weighted by molar-refractivity contribution is 5.86. The van der Waals surface area contributed by atoms with Crippen LogP contribution in [0, 0.1) is 19.8 Å². The number of nitrogens with zero attached hydrogens (tertiary/aromatic N) is 2. The van der Waals surface area contributed by atoms with Crippen LogP contribution in [-0.4, -0.2) is 53.9 Å². The largest absolute Gasteiger partial charge is 0.483 e. The summed E-state index contributed by atoms with van der Waals surface area (Å²) in [5, 5.41) is 1.10. The SMILES string of the molecule is COC(=O)N1CC2(CCc3c(c(C)nc4ccc(C)cc34)O2)CC1C(=O)OCCC(C)C. The summed E-state index contributed by atoms with van der Waals surface area (Å²) in [6.45, 7) is 8.79. The van der Waals surface area contributed by atoms with Crippen molar-refractivity contribution in [2.24, 2.45) is 5.92 Å². The van der Waals surface area contributed by atoms with Crippen LogP contribution in [0.5, 0.6) is 5.75 Å². The molecule has 1 aromatic heterocycles. The molecule has 0 aliphatic carbocycles. The second kappa shape index (κ2) is 8.60. The van der Waals surface area contributed by atoms with Crippen LogP contribution in [0.15, 0.2) is 18.2 Å². The number of hydrogen-bond acceptors (Lipinski definition) is 6. The fourth-order valence-electron chi connectivity index (χ4n) is 4.78. The Morgan fingerprint density at radius 1 is 1.31 bits per heavy atom. The number of fused-ring (bicyclic) bond motifs is 3. The Morgan fingerprint density at radius 3 is 2.81 bits per heavy atom. The summed E-state index contributed by atoms with van der Waals surface area (Å²) in [6.07, 6.45) is 2.13. The lowest BCUT2D eigenvalue weighted by atomic mass is 9.87. The molecule has 7 heteroatoms. The Morgan fingerprint density at radius 2 is 2.09 bits per heavy atom. The van der Waals surface area contributed by atoms with Crippen LogP contribution >= 0.6 is 0 Å². The van der Waals surface area contributed by atoms with Crippen LogP contribution in [0.2, 0.25) is 0 Å². The van der Waals surface area contributed by atoms with E-state index < -0.39 is 23.7 Å². The third-order valence-electron chi connectivity index (χ3n) is 6.54. The number of aromatic nitrogens is 1. The number of likely N-dealkylation sites (tertiary alicyclic amines) is 1. The number of carbonyl (C=O) groups is 2. The second-order valence-electron chi connectivity index (χ2n) is 9.48. The van der Waals surface area contributed by atoms with Gasteiger partial charge in [0, 0.05) is 17.4 Å². The molecule has 0 bridgehead atoms. The molecular formula is C25H32N2O5.